The average molecular weight is 445 g/mol. The molecule has 2 aliphatic rings. The number of fused-ring (bicyclic) bond motifs is 1. The smallest absolute Gasteiger partial charge is 0.307 e. The molecule has 0 bridgehead atoms. The van der Waals surface area contributed by atoms with Gasteiger partial charge in [-0.1, -0.05) is 60.3 Å². The van der Waals surface area contributed by atoms with E-state index in [9.17, 15) is 14.7 Å². The van der Waals surface area contributed by atoms with Crippen LogP contribution in [-0.2, 0) is 4.79 Å². The molecule has 5 nitrogen and oxygen atoms in total. The zero-order chi connectivity index (χ0) is 22.2. The minimum absolute atomic E-state index is 0.0612. The lowest BCUT2D eigenvalue weighted by Crippen LogP contribution is -2.38. The van der Waals surface area contributed by atoms with E-state index in [2.05, 4.69) is 65.8 Å². The first-order valence-electron chi connectivity index (χ1n) is 10.7. The Balaban J connectivity index is 1.25. The van der Waals surface area contributed by atoms with Crippen molar-refractivity contribution >= 4 is 34.9 Å². The van der Waals surface area contributed by atoms with Gasteiger partial charge >= 0.3 is 5.97 Å². The summed E-state index contributed by atoms with van der Waals surface area (Å²) in [7, 11) is 2.09. The number of Topliss-reactive ketones (excluding diaryl/α,β-unsaturated/α-hetero) is 1. The molecule has 3 aromatic carbocycles. The number of thioether (sulfide) groups is 1. The highest BCUT2D eigenvalue weighted by Crippen LogP contribution is 2.42. The molecule has 1 aliphatic carbocycles. The van der Waals surface area contributed by atoms with Crippen molar-refractivity contribution in [3.05, 3.63) is 78.4 Å². The molecule has 6 heteroatoms. The molecule has 0 spiro atoms. The number of anilines is 2. The summed E-state index contributed by atoms with van der Waals surface area (Å²) in [5.74, 6) is -1.85. The van der Waals surface area contributed by atoms with Gasteiger partial charge in [-0.25, -0.2) is 0 Å². The fourth-order valence-electron chi connectivity index (χ4n) is 4.35. The summed E-state index contributed by atoms with van der Waals surface area (Å²) in [5, 5.41) is 12.8. The summed E-state index contributed by atoms with van der Waals surface area (Å²) in [4.78, 5) is 27.4. The Morgan fingerprint density at radius 1 is 0.906 bits per heavy atom. The summed E-state index contributed by atoms with van der Waals surface area (Å²) < 4.78 is 0. The van der Waals surface area contributed by atoms with Gasteiger partial charge in [0.2, 0.25) is 0 Å². The number of aliphatic carboxylic acids is 1. The van der Waals surface area contributed by atoms with Crippen molar-refractivity contribution in [2.45, 2.75) is 23.2 Å². The van der Waals surface area contributed by atoms with Gasteiger partial charge in [0.05, 0.1) is 11.6 Å². The molecule has 3 atom stereocenters. The van der Waals surface area contributed by atoms with Crippen molar-refractivity contribution < 1.29 is 14.7 Å². The molecule has 32 heavy (non-hydrogen) atoms. The normalized spacial score (nSPS) is 21.5. The summed E-state index contributed by atoms with van der Waals surface area (Å²) in [6, 6.07) is 24.1. The molecule has 5 rings (SSSR count). The zero-order valence-corrected chi connectivity index (χ0v) is 18.5. The molecule has 1 aliphatic heterocycles. The summed E-state index contributed by atoms with van der Waals surface area (Å²) in [6.07, 6.45) is 1.25. The molecule has 1 heterocycles. The van der Waals surface area contributed by atoms with Gasteiger partial charge in [0, 0.05) is 29.1 Å². The van der Waals surface area contributed by atoms with Crippen LogP contribution >= 0.6 is 11.8 Å². The molecular weight excluding hydrogens is 420 g/mol. The Kier molecular flexibility index (Phi) is 5.39. The van der Waals surface area contributed by atoms with E-state index in [-0.39, 0.29) is 17.2 Å². The Hall–Kier alpha value is -3.25. The Bertz CT molecular complexity index is 1160. The highest BCUT2D eigenvalue weighted by molar-refractivity contribution is 8.00. The zero-order valence-electron chi connectivity index (χ0n) is 17.7. The van der Waals surface area contributed by atoms with Crippen LogP contribution in [0.2, 0.25) is 0 Å². The van der Waals surface area contributed by atoms with Crippen LogP contribution in [0.3, 0.4) is 0 Å². The second-order valence-electron chi connectivity index (χ2n) is 8.34. The predicted molar refractivity (Wildman–Crippen MR) is 128 cm³/mol. The number of benzene rings is 3. The molecule has 0 amide bonds. The molecule has 162 valence electrons. The third-order valence-corrected chi connectivity index (χ3v) is 7.70. The van der Waals surface area contributed by atoms with Gasteiger partial charge in [-0.05, 0) is 48.2 Å². The lowest BCUT2D eigenvalue weighted by molar-refractivity contribution is -0.146. The molecular formula is C26H24N2O3S. The number of carboxylic acids is 1. The van der Waals surface area contributed by atoms with Crippen molar-refractivity contribution in [1.82, 2.24) is 0 Å². The van der Waals surface area contributed by atoms with Crippen molar-refractivity contribution in [3.63, 3.8) is 0 Å². The standard InChI is InChI=1S/C26H24N2O3S/c1-28-22-4-2-3-5-23(22)32-26(28)27-19-12-10-17(11-13-19)16-6-8-18(9-7-16)24(29)20-14-15-21(20)25(30)31/h2-13,20-21,26-27H,14-15H2,1H3,(H,30,31)/t20-,21-,26?/m1/s1. The molecule has 3 aromatic rings. The van der Waals surface area contributed by atoms with Crippen LogP contribution in [0, 0.1) is 11.8 Å². The lowest BCUT2D eigenvalue weighted by Gasteiger charge is -2.32. The minimum atomic E-state index is -0.869. The van der Waals surface area contributed by atoms with E-state index in [4.69, 9.17) is 0 Å². The van der Waals surface area contributed by atoms with Crippen LogP contribution in [0.15, 0.2) is 77.7 Å². The summed E-state index contributed by atoms with van der Waals surface area (Å²) >= 11 is 1.80. The number of para-hydroxylation sites is 1. The Morgan fingerprint density at radius 3 is 2.12 bits per heavy atom. The number of rotatable bonds is 6. The molecule has 0 aromatic heterocycles. The van der Waals surface area contributed by atoms with Crippen LogP contribution in [0.5, 0.6) is 0 Å². The maximum atomic E-state index is 12.6. The number of carbonyl (C=O) groups excluding carboxylic acids is 1. The third kappa shape index (κ3) is 3.75. The van der Waals surface area contributed by atoms with Crippen LogP contribution in [0.4, 0.5) is 11.4 Å². The molecule has 1 unspecified atom stereocenters. The van der Waals surface area contributed by atoms with Crippen LogP contribution in [0.1, 0.15) is 23.2 Å². The van der Waals surface area contributed by atoms with Gasteiger partial charge in [0.1, 0.15) is 0 Å². The van der Waals surface area contributed by atoms with E-state index in [0.717, 1.165) is 16.8 Å². The van der Waals surface area contributed by atoms with E-state index in [1.807, 2.05) is 24.3 Å². The maximum absolute atomic E-state index is 12.6. The van der Waals surface area contributed by atoms with E-state index in [0.29, 0.717) is 18.4 Å². The highest BCUT2D eigenvalue weighted by atomic mass is 32.2. The van der Waals surface area contributed by atoms with Crippen molar-refractivity contribution in [1.29, 1.82) is 0 Å². The number of hydrogen-bond donors (Lipinski definition) is 2. The Labute approximate surface area is 191 Å². The summed E-state index contributed by atoms with van der Waals surface area (Å²) in [6.45, 7) is 0. The largest absolute Gasteiger partial charge is 0.481 e. The number of nitrogens with zero attached hydrogens (tertiary/aromatic N) is 1. The molecule has 1 fully saturated rings. The topological polar surface area (TPSA) is 69.6 Å². The quantitative estimate of drug-likeness (QED) is 0.484. The molecule has 0 radical (unpaired) electrons. The van der Waals surface area contributed by atoms with Crippen molar-refractivity contribution in [3.8, 4) is 11.1 Å². The third-order valence-electron chi connectivity index (χ3n) is 6.44. The summed E-state index contributed by atoms with van der Waals surface area (Å²) in [5.41, 5.74) is 5.10. The lowest BCUT2D eigenvalue weighted by atomic mass is 9.70. The van der Waals surface area contributed by atoms with Gasteiger partial charge in [-0.15, -0.1) is 0 Å². The van der Waals surface area contributed by atoms with Crippen LogP contribution < -0.4 is 10.2 Å². The van der Waals surface area contributed by atoms with E-state index < -0.39 is 11.9 Å². The first-order chi connectivity index (χ1) is 15.5. The van der Waals surface area contributed by atoms with Crippen LogP contribution in [-0.4, -0.2) is 29.4 Å². The number of carbonyl (C=O) groups is 2. The monoisotopic (exact) mass is 444 g/mol. The first-order valence-corrected chi connectivity index (χ1v) is 11.6. The Morgan fingerprint density at radius 2 is 1.53 bits per heavy atom. The van der Waals surface area contributed by atoms with Gasteiger partial charge in [0.15, 0.2) is 11.3 Å². The molecule has 0 saturated heterocycles. The first kappa shape index (κ1) is 20.6. The second kappa shape index (κ2) is 8.36. The highest BCUT2D eigenvalue weighted by Gasteiger charge is 2.41. The average Bonchev–Trinajstić information content (AvgIpc) is 3.09. The van der Waals surface area contributed by atoms with E-state index >= 15 is 0 Å². The number of ketones is 1. The number of carboxylic acid groups (broad SMARTS) is 1. The van der Waals surface area contributed by atoms with Crippen LogP contribution in [0.25, 0.3) is 11.1 Å². The van der Waals surface area contributed by atoms with Gasteiger partial charge in [-0.2, -0.15) is 0 Å². The molecule has 2 N–H and O–H groups in total. The van der Waals surface area contributed by atoms with Crippen molar-refractivity contribution in [2.75, 3.05) is 17.3 Å². The number of nitrogens with one attached hydrogen (secondary N) is 1. The predicted octanol–water partition coefficient (Wildman–Crippen LogP) is 5.58. The SMILES string of the molecule is CN1c2ccccc2SC1Nc1ccc(-c2ccc(C(=O)[C@@H]3CC[C@H]3C(=O)O)cc2)cc1. The molecule has 1 saturated carbocycles. The fourth-order valence-corrected chi connectivity index (χ4v) is 5.55. The van der Waals surface area contributed by atoms with E-state index in [1.54, 1.807) is 11.8 Å². The second-order valence-corrected chi connectivity index (χ2v) is 9.46. The maximum Gasteiger partial charge on any atom is 0.307 e. The van der Waals surface area contributed by atoms with Gasteiger partial charge in [0.25, 0.3) is 0 Å². The van der Waals surface area contributed by atoms with Gasteiger partial charge < -0.3 is 15.3 Å². The minimum Gasteiger partial charge on any atom is -0.481 e. The fraction of sp³-hybridized carbons (Fsp3) is 0.231. The number of hydrogen-bond acceptors (Lipinski definition) is 5. The van der Waals surface area contributed by atoms with Gasteiger partial charge in [-0.3, -0.25) is 9.59 Å². The van der Waals surface area contributed by atoms with Crippen molar-refractivity contribution in [2.24, 2.45) is 11.8 Å². The van der Waals surface area contributed by atoms with E-state index in [1.165, 1.54) is 10.6 Å².